The third-order valence-corrected chi connectivity index (χ3v) is 7.78. The molecule has 4 heterocycles. The summed E-state index contributed by atoms with van der Waals surface area (Å²) in [5.41, 5.74) is 7.39. The predicted octanol–water partition coefficient (Wildman–Crippen LogP) is 5.75. The largest absolute Gasteiger partial charge is 0.341 e. The average molecular weight is 527 g/mol. The number of fused-ring (bicyclic) bond motifs is 1. The quantitative estimate of drug-likeness (QED) is 0.244. The first kappa shape index (κ1) is 25.3. The lowest BCUT2D eigenvalue weighted by Gasteiger charge is -2.30. The number of aromatic nitrogens is 4. The smallest absolute Gasteiger partial charge is 0.250 e. The van der Waals surface area contributed by atoms with E-state index in [4.69, 9.17) is 15.0 Å². The molecule has 0 aliphatic carbocycles. The molecule has 0 amide bonds. The van der Waals surface area contributed by atoms with Crippen molar-refractivity contribution >= 4 is 35.0 Å². The number of hydrogen-bond donors (Lipinski definition) is 1. The van der Waals surface area contributed by atoms with E-state index in [0.29, 0.717) is 12.5 Å². The fourth-order valence-electron chi connectivity index (χ4n) is 5.63. The second-order valence-electron chi connectivity index (χ2n) is 10.5. The van der Waals surface area contributed by atoms with Crippen molar-refractivity contribution in [3.8, 4) is 0 Å². The zero-order chi connectivity index (χ0) is 26.6. The Hall–Kier alpha value is -4.01. The minimum Gasteiger partial charge on any atom is -0.341 e. The third-order valence-electron chi connectivity index (χ3n) is 7.78. The first-order valence-corrected chi connectivity index (χ1v) is 14.0. The van der Waals surface area contributed by atoms with E-state index in [1.165, 1.54) is 25.0 Å². The number of anilines is 3. The molecule has 2 fully saturated rings. The van der Waals surface area contributed by atoms with Crippen LogP contribution in [0.5, 0.6) is 0 Å². The van der Waals surface area contributed by atoms with E-state index in [2.05, 4.69) is 44.0 Å². The molecule has 0 radical (unpaired) electrons. The predicted molar refractivity (Wildman–Crippen MR) is 155 cm³/mol. The molecule has 4 aromatic rings. The molecule has 0 bridgehead atoms. The molecule has 2 aliphatic heterocycles. The standard InChI is InChI=1S/C30H35FN8/c1-22-26(25-10-4-5-11-27(25)39(22)21-23-12-14-24(31)15-13-23)20-32-36-28-33-29(37-16-6-2-7-17-37)35-30(34-28)38-18-8-3-9-19-38/h4-5,10-15,20H,2-3,6-9,16-19,21H2,1H3,(H,33,34,35,36)/b32-20+. The summed E-state index contributed by atoms with van der Waals surface area (Å²) in [7, 11) is 0. The number of nitrogens with one attached hydrogen (secondary N) is 1. The number of rotatable bonds is 7. The molecule has 202 valence electrons. The van der Waals surface area contributed by atoms with Crippen LogP contribution in [0.3, 0.4) is 0 Å². The van der Waals surface area contributed by atoms with Gasteiger partial charge in [0.15, 0.2) is 0 Å². The summed E-state index contributed by atoms with van der Waals surface area (Å²) in [5.74, 6) is 1.71. The van der Waals surface area contributed by atoms with Crippen molar-refractivity contribution in [1.82, 2.24) is 19.5 Å². The number of piperidine rings is 2. The molecule has 9 heteroatoms. The molecule has 2 aromatic heterocycles. The molecule has 0 unspecified atom stereocenters. The van der Waals surface area contributed by atoms with E-state index in [9.17, 15) is 4.39 Å². The van der Waals surface area contributed by atoms with Crippen molar-refractivity contribution in [2.45, 2.75) is 52.0 Å². The molecular formula is C30H35FN8. The fraction of sp³-hybridized carbons (Fsp3) is 0.400. The first-order chi connectivity index (χ1) is 19.2. The van der Waals surface area contributed by atoms with Crippen LogP contribution < -0.4 is 15.2 Å². The molecule has 8 nitrogen and oxygen atoms in total. The molecular weight excluding hydrogens is 491 g/mol. The normalized spacial score (nSPS) is 16.4. The van der Waals surface area contributed by atoms with Gasteiger partial charge >= 0.3 is 0 Å². The summed E-state index contributed by atoms with van der Waals surface area (Å²) >= 11 is 0. The minimum atomic E-state index is -0.225. The molecule has 6 rings (SSSR count). The van der Waals surface area contributed by atoms with Crippen LogP contribution in [-0.2, 0) is 6.54 Å². The Morgan fingerprint density at radius 2 is 1.44 bits per heavy atom. The molecule has 2 aromatic carbocycles. The number of hydrazone groups is 1. The van der Waals surface area contributed by atoms with Gasteiger partial charge < -0.3 is 14.4 Å². The van der Waals surface area contributed by atoms with Crippen LogP contribution in [0.2, 0.25) is 0 Å². The van der Waals surface area contributed by atoms with Crippen molar-refractivity contribution in [3.63, 3.8) is 0 Å². The number of hydrogen-bond acceptors (Lipinski definition) is 7. The topological polar surface area (TPSA) is 74.5 Å². The molecule has 2 saturated heterocycles. The highest BCUT2D eigenvalue weighted by atomic mass is 19.1. The number of para-hydroxylation sites is 1. The van der Waals surface area contributed by atoms with E-state index in [-0.39, 0.29) is 5.82 Å². The van der Waals surface area contributed by atoms with Gasteiger partial charge in [-0.1, -0.05) is 30.3 Å². The van der Waals surface area contributed by atoms with Gasteiger partial charge in [-0.3, -0.25) is 0 Å². The maximum Gasteiger partial charge on any atom is 0.250 e. The highest BCUT2D eigenvalue weighted by Crippen LogP contribution is 2.26. The summed E-state index contributed by atoms with van der Waals surface area (Å²) in [6, 6.07) is 15.0. The van der Waals surface area contributed by atoms with Crippen LogP contribution in [0.15, 0.2) is 53.6 Å². The second-order valence-corrected chi connectivity index (χ2v) is 10.5. The average Bonchev–Trinajstić information content (AvgIpc) is 3.25. The summed E-state index contributed by atoms with van der Waals surface area (Å²) in [5, 5.41) is 5.71. The molecule has 0 atom stereocenters. The van der Waals surface area contributed by atoms with Crippen LogP contribution in [0.4, 0.5) is 22.2 Å². The van der Waals surface area contributed by atoms with Crippen LogP contribution in [0, 0.1) is 12.7 Å². The lowest BCUT2D eigenvalue weighted by Crippen LogP contribution is -2.34. The number of nitrogens with zero attached hydrogens (tertiary/aromatic N) is 7. The maximum atomic E-state index is 13.5. The molecule has 2 aliphatic rings. The van der Waals surface area contributed by atoms with Crippen molar-refractivity contribution in [2.75, 3.05) is 41.4 Å². The van der Waals surface area contributed by atoms with Crippen LogP contribution >= 0.6 is 0 Å². The Labute approximate surface area is 228 Å². The summed E-state index contributed by atoms with van der Waals surface area (Å²) in [6.45, 7) is 6.63. The highest BCUT2D eigenvalue weighted by molar-refractivity contribution is 6.01. The van der Waals surface area contributed by atoms with E-state index >= 15 is 0 Å². The van der Waals surface area contributed by atoms with E-state index in [0.717, 1.165) is 91.5 Å². The SMILES string of the molecule is Cc1c(/C=N/Nc2nc(N3CCCCC3)nc(N3CCCCC3)n2)c2ccccc2n1Cc1ccc(F)cc1. The maximum absolute atomic E-state index is 13.5. The Morgan fingerprint density at radius 3 is 2.08 bits per heavy atom. The Morgan fingerprint density at radius 1 is 0.821 bits per heavy atom. The molecule has 0 spiro atoms. The Kier molecular flexibility index (Phi) is 7.38. The molecule has 39 heavy (non-hydrogen) atoms. The van der Waals surface area contributed by atoms with Gasteiger partial charge in [-0.2, -0.15) is 20.1 Å². The second kappa shape index (κ2) is 11.4. The summed E-state index contributed by atoms with van der Waals surface area (Å²) < 4.78 is 15.7. The van der Waals surface area contributed by atoms with E-state index in [1.54, 1.807) is 0 Å². The van der Waals surface area contributed by atoms with Gasteiger partial charge in [-0.05, 0) is 69.2 Å². The van der Waals surface area contributed by atoms with E-state index < -0.39 is 0 Å². The summed E-state index contributed by atoms with van der Waals surface area (Å²) in [4.78, 5) is 18.9. The van der Waals surface area contributed by atoms with Gasteiger partial charge in [0.2, 0.25) is 17.8 Å². The van der Waals surface area contributed by atoms with Crippen molar-refractivity contribution in [1.29, 1.82) is 0 Å². The zero-order valence-electron chi connectivity index (χ0n) is 22.5. The highest BCUT2D eigenvalue weighted by Gasteiger charge is 2.20. The molecule has 0 saturated carbocycles. The Balaban J connectivity index is 1.29. The van der Waals surface area contributed by atoms with Gasteiger partial charge in [0.05, 0.1) is 6.21 Å². The minimum absolute atomic E-state index is 0.225. The monoisotopic (exact) mass is 526 g/mol. The van der Waals surface area contributed by atoms with Crippen LogP contribution in [-0.4, -0.2) is 51.9 Å². The van der Waals surface area contributed by atoms with Gasteiger partial charge in [0, 0.05) is 54.9 Å². The lowest BCUT2D eigenvalue weighted by atomic mass is 10.1. The van der Waals surface area contributed by atoms with Gasteiger partial charge in [-0.15, -0.1) is 0 Å². The zero-order valence-corrected chi connectivity index (χ0v) is 22.5. The number of benzene rings is 2. The van der Waals surface area contributed by atoms with Crippen molar-refractivity contribution < 1.29 is 4.39 Å². The van der Waals surface area contributed by atoms with Crippen LogP contribution in [0.1, 0.15) is 55.3 Å². The first-order valence-electron chi connectivity index (χ1n) is 14.0. The summed E-state index contributed by atoms with van der Waals surface area (Å²) in [6.07, 6.45) is 9.00. The van der Waals surface area contributed by atoms with Gasteiger partial charge in [-0.25, -0.2) is 9.82 Å². The van der Waals surface area contributed by atoms with Gasteiger partial charge in [0.1, 0.15) is 5.82 Å². The van der Waals surface area contributed by atoms with Crippen molar-refractivity contribution in [2.24, 2.45) is 5.10 Å². The van der Waals surface area contributed by atoms with E-state index in [1.807, 2.05) is 30.5 Å². The van der Waals surface area contributed by atoms with Crippen molar-refractivity contribution in [3.05, 3.63) is 71.2 Å². The Bertz CT molecular complexity index is 1410. The lowest BCUT2D eigenvalue weighted by molar-refractivity contribution is 0.556. The number of halogens is 1. The fourth-order valence-corrected chi connectivity index (χ4v) is 5.63. The third kappa shape index (κ3) is 5.57. The van der Waals surface area contributed by atoms with Crippen LogP contribution in [0.25, 0.3) is 10.9 Å². The molecule has 1 N–H and O–H groups in total. The van der Waals surface area contributed by atoms with Gasteiger partial charge in [0.25, 0.3) is 0 Å².